The van der Waals surface area contributed by atoms with Crippen LogP contribution in [0.1, 0.15) is 6.92 Å². The van der Waals surface area contributed by atoms with Gasteiger partial charge in [0.1, 0.15) is 12.3 Å². The number of nitrogens with zero attached hydrogens (tertiary/aromatic N) is 2. The summed E-state index contributed by atoms with van der Waals surface area (Å²) in [6.45, 7) is 1.89. The molecule has 2 aromatic rings. The van der Waals surface area contributed by atoms with E-state index >= 15 is 0 Å². The minimum atomic E-state index is -3.95. The topological polar surface area (TPSA) is 66.9 Å². The molecule has 1 amide bonds. The molecule has 0 atom stereocenters. The number of ether oxygens (including phenoxy) is 1. The van der Waals surface area contributed by atoms with Gasteiger partial charge >= 0.3 is 0 Å². The highest BCUT2D eigenvalue weighted by atomic mass is 32.2. The van der Waals surface area contributed by atoms with E-state index in [0.29, 0.717) is 18.0 Å². The number of thioether (sulfide) groups is 1. The van der Waals surface area contributed by atoms with Crippen molar-refractivity contribution < 1.29 is 17.9 Å². The van der Waals surface area contributed by atoms with Gasteiger partial charge in [-0.15, -0.1) is 11.8 Å². The molecule has 0 radical (unpaired) electrons. The van der Waals surface area contributed by atoms with Gasteiger partial charge in [0.05, 0.1) is 17.2 Å². The molecule has 0 aromatic heterocycles. The number of likely N-dealkylation sites (N-methyl/N-ethyl adjacent to an activating group) is 1. The molecule has 0 bridgehead atoms. The van der Waals surface area contributed by atoms with E-state index in [-0.39, 0.29) is 17.3 Å². The van der Waals surface area contributed by atoms with Gasteiger partial charge in [0.2, 0.25) is 5.91 Å². The highest BCUT2D eigenvalue weighted by Gasteiger charge is 2.29. The molecule has 0 N–H and O–H groups in total. The third kappa shape index (κ3) is 4.95. The van der Waals surface area contributed by atoms with Crippen LogP contribution in [0.15, 0.2) is 58.3 Å². The van der Waals surface area contributed by atoms with Crippen LogP contribution in [0.4, 0.5) is 5.69 Å². The lowest BCUT2D eigenvalue weighted by Gasteiger charge is -2.27. The number of carbonyl (C=O) groups is 1. The molecule has 0 spiro atoms. The van der Waals surface area contributed by atoms with E-state index in [1.54, 1.807) is 62.6 Å². The van der Waals surface area contributed by atoms with E-state index < -0.39 is 10.0 Å². The summed E-state index contributed by atoms with van der Waals surface area (Å²) in [6.07, 6.45) is 1.92. The van der Waals surface area contributed by atoms with Crippen LogP contribution in [-0.2, 0) is 14.8 Å². The number of amides is 1. The minimum absolute atomic E-state index is 0.123. The van der Waals surface area contributed by atoms with E-state index in [4.69, 9.17) is 4.74 Å². The van der Waals surface area contributed by atoms with Crippen molar-refractivity contribution in [3.8, 4) is 5.75 Å². The first-order valence-electron chi connectivity index (χ1n) is 8.40. The third-order valence-corrected chi connectivity index (χ3v) is 6.38. The van der Waals surface area contributed by atoms with Crippen molar-refractivity contribution in [2.45, 2.75) is 16.7 Å². The molecule has 0 aliphatic rings. The molecule has 0 fully saturated rings. The molecular formula is C19H24N2O4S2. The molecule has 2 rings (SSSR count). The van der Waals surface area contributed by atoms with E-state index in [2.05, 4.69) is 0 Å². The number of benzene rings is 2. The van der Waals surface area contributed by atoms with Crippen LogP contribution < -0.4 is 9.04 Å². The van der Waals surface area contributed by atoms with Gasteiger partial charge in [-0.25, -0.2) is 8.42 Å². The fraction of sp³-hybridized carbons (Fsp3) is 0.316. The van der Waals surface area contributed by atoms with Crippen molar-refractivity contribution >= 4 is 33.4 Å². The average Bonchev–Trinajstić information content (AvgIpc) is 2.66. The van der Waals surface area contributed by atoms with E-state index in [1.807, 2.05) is 13.2 Å². The molecule has 0 aliphatic heterocycles. The lowest BCUT2D eigenvalue weighted by atomic mass is 10.3. The molecule has 0 saturated heterocycles. The normalized spacial score (nSPS) is 11.1. The summed E-state index contributed by atoms with van der Waals surface area (Å²) in [4.78, 5) is 14.8. The Hall–Kier alpha value is -2.19. The van der Waals surface area contributed by atoms with Crippen LogP contribution in [0.2, 0.25) is 0 Å². The molecule has 8 heteroatoms. The van der Waals surface area contributed by atoms with Crippen LogP contribution in [0.25, 0.3) is 0 Å². The molecule has 146 valence electrons. The van der Waals surface area contributed by atoms with Crippen molar-refractivity contribution in [1.82, 2.24) is 4.90 Å². The zero-order valence-electron chi connectivity index (χ0n) is 15.9. The largest absolute Gasteiger partial charge is 0.492 e. The monoisotopic (exact) mass is 408 g/mol. The summed E-state index contributed by atoms with van der Waals surface area (Å²) in [5, 5.41) is 0. The van der Waals surface area contributed by atoms with Gasteiger partial charge in [-0.05, 0) is 49.6 Å². The van der Waals surface area contributed by atoms with E-state index in [9.17, 15) is 13.2 Å². The Morgan fingerprint density at radius 2 is 1.70 bits per heavy atom. The summed E-state index contributed by atoms with van der Waals surface area (Å²) in [5.41, 5.74) is 0.337. The standard InChI is InChI=1S/C19H24N2O4S2/c1-5-25-18-9-7-6-8-17(18)21(14-19(22)20(2)3)27(23,24)16-12-10-15(26-4)11-13-16/h6-13H,5,14H2,1-4H3. The maximum atomic E-state index is 13.3. The molecule has 0 unspecified atom stereocenters. The predicted molar refractivity (Wildman–Crippen MR) is 109 cm³/mol. The molecule has 27 heavy (non-hydrogen) atoms. The quantitative estimate of drug-likeness (QED) is 0.628. The summed E-state index contributed by atoms with van der Waals surface area (Å²) < 4.78 is 33.4. The minimum Gasteiger partial charge on any atom is -0.492 e. The van der Waals surface area contributed by atoms with E-state index in [1.165, 1.54) is 16.7 Å². The number of hydrogen-bond acceptors (Lipinski definition) is 5. The fourth-order valence-corrected chi connectivity index (χ4v) is 4.21. The number of sulfonamides is 1. The SMILES string of the molecule is CCOc1ccccc1N(CC(=O)N(C)C)S(=O)(=O)c1ccc(SC)cc1. The third-order valence-electron chi connectivity index (χ3n) is 3.86. The Morgan fingerprint density at radius 1 is 1.07 bits per heavy atom. The summed E-state index contributed by atoms with van der Waals surface area (Å²) in [6, 6.07) is 13.4. The van der Waals surface area contributed by atoms with Crippen molar-refractivity contribution in [3.63, 3.8) is 0 Å². The summed E-state index contributed by atoms with van der Waals surface area (Å²) in [5.74, 6) is 0.0847. The second-order valence-corrected chi connectivity index (χ2v) is 8.62. The van der Waals surface area contributed by atoms with Gasteiger partial charge in [-0.2, -0.15) is 0 Å². The number of rotatable bonds is 8. The first-order chi connectivity index (χ1) is 12.8. The van der Waals surface area contributed by atoms with Gasteiger partial charge in [0.15, 0.2) is 0 Å². The van der Waals surface area contributed by atoms with Crippen molar-refractivity contribution in [2.24, 2.45) is 0 Å². The van der Waals surface area contributed by atoms with Crippen LogP contribution in [0.5, 0.6) is 5.75 Å². The van der Waals surface area contributed by atoms with Gasteiger partial charge in [-0.1, -0.05) is 12.1 Å². The van der Waals surface area contributed by atoms with Crippen LogP contribution in [0.3, 0.4) is 0 Å². The number of para-hydroxylation sites is 2. The van der Waals surface area contributed by atoms with E-state index in [0.717, 1.165) is 9.20 Å². The first kappa shape index (κ1) is 21.1. The zero-order valence-corrected chi connectivity index (χ0v) is 17.5. The zero-order chi connectivity index (χ0) is 20.0. The second kappa shape index (κ2) is 9.14. The maximum absolute atomic E-state index is 13.3. The van der Waals surface area contributed by atoms with Crippen LogP contribution >= 0.6 is 11.8 Å². The highest BCUT2D eigenvalue weighted by molar-refractivity contribution is 7.98. The van der Waals surface area contributed by atoms with Crippen molar-refractivity contribution in [3.05, 3.63) is 48.5 Å². The lowest BCUT2D eigenvalue weighted by molar-refractivity contribution is -0.127. The number of anilines is 1. The first-order valence-corrected chi connectivity index (χ1v) is 11.1. The second-order valence-electron chi connectivity index (χ2n) is 5.88. The molecular weight excluding hydrogens is 384 g/mol. The van der Waals surface area contributed by atoms with Crippen molar-refractivity contribution in [2.75, 3.05) is 37.8 Å². The number of carbonyl (C=O) groups excluding carboxylic acids is 1. The summed E-state index contributed by atoms with van der Waals surface area (Å²) >= 11 is 1.53. The summed E-state index contributed by atoms with van der Waals surface area (Å²) in [7, 11) is -0.768. The van der Waals surface area contributed by atoms with Gasteiger partial charge in [0, 0.05) is 19.0 Å². The molecule has 2 aromatic carbocycles. The van der Waals surface area contributed by atoms with Gasteiger partial charge in [0.25, 0.3) is 10.0 Å². The molecule has 6 nitrogen and oxygen atoms in total. The Morgan fingerprint density at radius 3 is 2.26 bits per heavy atom. The molecule has 0 saturated carbocycles. The number of hydrogen-bond donors (Lipinski definition) is 0. The Labute approximate surface area is 165 Å². The predicted octanol–water partition coefficient (Wildman–Crippen LogP) is 3.09. The fourth-order valence-electron chi connectivity index (χ4n) is 2.38. The van der Waals surface area contributed by atoms with Crippen molar-refractivity contribution in [1.29, 1.82) is 0 Å². The van der Waals surface area contributed by atoms with Crippen LogP contribution in [-0.4, -0.2) is 52.7 Å². The highest BCUT2D eigenvalue weighted by Crippen LogP contribution is 2.33. The Bertz CT molecular complexity index is 881. The molecule has 0 heterocycles. The maximum Gasteiger partial charge on any atom is 0.264 e. The van der Waals surface area contributed by atoms with Gasteiger partial charge < -0.3 is 9.64 Å². The average molecular weight is 409 g/mol. The molecule has 0 aliphatic carbocycles. The van der Waals surface area contributed by atoms with Crippen LogP contribution in [0, 0.1) is 0 Å². The smallest absolute Gasteiger partial charge is 0.264 e. The van der Waals surface area contributed by atoms with Gasteiger partial charge in [-0.3, -0.25) is 9.10 Å². The Balaban J connectivity index is 2.56. The lowest BCUT2D eigenvalue weighted by Crippen LogP contribution is -2.40. The Kier molecular flexibility index (Phi) is 7.15.